The van der Waals surface area contributed by atoms with Crippen molar-refractivity contribution in [2.75, 3.05) is 0 Å². The minimum atomic E-state index is -1.33. The number of nitrogens with zero attached hydrogens (tertiary/aromatic N) is 1. The molecule has 0 aliphatic rings. The molecule has 0 saturated heterocycles. The van der Waals surface area contributed by atoms with Crippen molar-refractivity contribution in [2.45, 2.75) is 9.92 Å². The molecule has 0 spiro atoms. The lowest BCUT2D eigenvalue weighted by atomic mass is 10.4. The van der Waals surface area contributed by atoms with E-state index in [1.807, 2.05) is 0 Å². The van der Waals surface area contributed by atoms with Gasteiger partial charge in [0.25, 0.3) is 0 Å². The SMILES string of the molecule is Fc1cc(F)c(Sc2ccccc2Cl)nc1F. The third-order valence-electron chi connectivity index (χ3n) is 1.90. The van der Waals surface area contributed by atoms with Gasteiger partial charge in [-0.05, 0) is 12.1 Å². The maximum atomic E-state index is 13.3. The van der Waals surface area contributed by atoms with Crippen LogP contribution >= 0.6 is 23.4 Å². The minimum Gasteiger partial charge on any atom is -0.207 e. The third kappa shape index (κ3) is 2.73. The molecular formula is C11H5ClF3NS. The molecule has 1 heterocycles. The quantitative estimate of drug-likeness (QED) is 0.758. The molecule has 17 heavy (non-hydrogen) atoms. The summed E-state index contributed by atoms with van der Waals surface area (Å²) in [6.07, 6.45) is 0. The van der Waals surface area contributed by atoms with Crippen LogP contribution in [-0.4, -0.2) is 4.98 Å². The van der Waals surface area contributed by atoms with Gasteiger partial charge in [-0.3, -0.25) is 0 Å². The normalized spacial score (nSPS) is 10.6. The molecule has 0 radical (unpaired) electrons. The first-order valence-electron chi connectivity index (χ1n) is 4.52. The van der Waals surface area contributed by atoms with Crippen molar-refractivity contribution in [1.29, 1.82) is 0 Å². The van der Waals surface area contributed by atoms with Crippen LogP contribution in [0.4, 0.5) is 13.2 Å². The highest BCUT2D eigenvalue weighted by Gasteiger charge is 2.13. The van der Waals surface area contributed by atoms with E-state index in [-0.39, 0.29) is 5.03 Å². The van der Waals surface area contributed by atoms with Crippen LogP contribution in [0.2, 0.25) is 5.02 Å². The molecule has 0 amide bonds. The van der Waals surface area contributed by atoms with Gasteiger partial charge in [0.05, 0.1) is 5.02 Å². The number of rotatable bonds is 2. The predicted molar refractivity (Wildman–Crippen MR) is 59.7 cm³/mol. The summed E-state index contributed by atoms with van der Waals surface area (Å²) >= 11 is 6.70. The summed E-state index contributed by atoms with van der Waals surface area (Å²) in [6.45, 7) is 0. The Hall–Kier alpha value is -1.20. The largest absolute Gasteiger partial charge is 0.250 e. The number of pyridine rings is 1. The van der Waals surface area contributed by atoms with Gasteiger partial charge in [-0.1, -0.05) is 35.5 Å². The monoisotopic (exact) mass is 275 g/mol. The molecule has 1 aromatic carbocycles. The van der Waals surface area contributed by atoms with E-state index in [1.165, 1.54) is 0 Å². The summed E-state index contributed by atoms with van der Waals surface area (Å²) in [4.78, 5) is 3.72. The minimum absolute atomic E-state index is 0.253. The molecule has 0 saturated carbocycles. The van der Waals surface area contributed by atoms with Crippen molar-refractivity contribution >= 4 is 23.4 Å². The van der Waals surface area contributed by atoms with Crippen molar-refractivity contribution in [3.63, 3.8) is 0 Å². The highest BCUT2D eigenvalue weighted by molar-refractivity contribution is 7.99. The van der Waals surface area contributed by atoms with Gasteiger partial charge in [0.2, 0.25) is 5.95 Å². The zero-order chi connectivity index (χ0) is 12.4. The van der Waals surface area contributed by atoms with E-state index in [2.05, 4.69) is 4.98 Å². The fourth-order valence-electron chi connectivity index (χ4n) is 1.13. The maximum absolute atomic E-state index is 13.3. The van der Waals surface area contributed by atoms with Gasteiger partial charge in [0.15, 0.2) is 11.6 Å². The van der Waals surface area contributed by atoms with Gasteiger partial charge in [-0.25, -0.2) is 13.8 Å². The smallest absolute Gasteiger partial charge is 0.207 e. The summed E-state index contributed by atoms with van der Waals surface area (Å²) in [5.41, 5.74) is 0. The highest BCUT2D eigenvalue weighted by atomic mass is 35.5. The molecule has 0 unspecified atom stereocenters. The van der Waals surface area contributed by atoms with E-state index in [1.54, 1.807) is 24.3 Å². The Morgan fingerprint density at radius 2 is 1.76 bits per heavy atom. The number of benzene rings is 1. The van der Waals surface area contributed by atoms with E-state index in [0.717, 1.165) is 11.8 Å². The highest BCUT2D eigenvalue weighted by Crippen LogP contribution is 2.33. The number of hydrogen-bond donors (Lipinski definition) is 0. The summed E-state index contributed by atoms with van der Waals surface area (Å²) in [5.74, 6) is -3.57. The summed E-state index contributed by atoms with van der Waals surface area (Å²) in [7, 11) is 0. The number of aromatic nitrogens is 1. The average molecular weight is 276 g/mol. The zero-order valence-electron chi connectivity index (χ0n) is 8.25. The molecule has 0 bridgehead atoms. The second-order valence-corrected chi connectivity index (χ2v) is 4.52. The van der Waals surface area contributed by atoms with E-state index in [0.29, 0.717) is 16.0 Å². The van der Waals surface area contributed by atoms with Crippen molar-refractivity contribution in [2.24, 2.45) is 0 Å². The molecule has 0 aliphatic heterocycles. The van der Waals surface area contributed by atoms with Gasteiger partial charge in [-0.15, -0.1) is 0 Å². The molecule has 0 aliphatic carbocycles. The Morgan fingerprint density at radius 1 is 1.06 bits per heavy atom. The topological polar surface area (TPSA) is 12.9 Å². The van der Waals surface area contributed by atoms with Crippen LogP contribution in [0.15, 0.2) is 40.3 Å². The molecule has 0 N–H and O–H groups in total. The van der Waals surface area contributed by atoms with Crippen molar-refractivity contribution in [3.8, 4) is 0 Å². The van der Waals surface area contributed by atoms with Crippen LogP contribution in [-0.2, 0) is 0 Å². The van der Waals surface area contributed by atoms with Crippen LogP contribution in [0, 0.1) is 17.6 Å². The Bertz CT molecular complexity index is 562. The number of hydrogen-bond acceptors (Lipinski definition) is 2. The Balaban J connectivity index is 2.37. The molecule has 2 rings (SSSR count). The fraction of sp³-hybridized carbons (Fsp3) is 0. The third-order valence-corrected chi connectivity index (χ3v) is 3.40. The van der Waals surface area contributed by atoms with E-state index in [4.69, 9.17) is 11.6 Å². The van der Waals surface area contributed by atoms with Crippen molar-refractivity contribution in [3.05, 3.63) is 52.9 Å². The van der Waals surface area contributed by atoms with Gasteiger partial charge in [0.1, 0.15) is 5.03 Å². The lowest BCUT2D eigenvalue weighted by molar-refractivity contribution is 0.448. The standard InChI is InChI=1S/C11H5ClF3NS/c12-6-3-1-2-4-9(6)17-11-8(14)5-7(13)10(15)16-11/h1-5H. The van der Waals surface area contributed by atoms with E-state index < -0.39 is 17.6 Å². The summed E-state index contributed by atoms with van der Waals surface area (Å²) in [6, 6.07) is 7.12. The molecule has 0 fully saturated rings. The van der Waals surface area contributed by atoms with Crippen LogP contribution in [0.5, 0.6) is 0 Å². The lowest BCUT2D eigenvalue weighted by Gasteiger charge is -2.04. The van der Waals surface area contributed by atoms with Crippen molar-refractivity contribution in [1.82, 2.24) is 4.98 Å². The van der Waals surface area contributed by atoms with Gasteiger partial charge >= 0.3 is 0 Å². The van der Waals surface area contributed by atoms with Gasteiger partial charge < -0.3 is 0 Å². The lowest BCUT2D eigenvalue weighted by Crippen LogP contribution is -1.95. The first kappa shape index (κ1) is 12.3. The van der Waals surface area contributed by atoms with Crippen LogP contribution in [0.3, 0.4) is 0 Å². The van der Waals surface area contributed by atoms with E-state index >= 15 is 0 Å². The second-order valence-electron chi connectivity index (χ2n) is 3.08. The van der Waals surface area contributed by atoms with Gasteiger partial charge in [0, 0.05) is 11.0 Å². The summed E-state index contributed by atoms with van der Waals surface area (Å²) in [5, 5.41) is 0.139. The first-order chi connectivity index (χ1) is 8.08. The first-order valence-corrected chi connectivity index (χ1v) is 5.71. The number of halogens is 4. The Kier molecular flexibility index (Phi) is 3.59. The molecule has 6 heteroatoms. The average Bonchev–Trinajstić information content (AvgIpc) is 2.29. The van der Waals surface area contributed by atoms with Crippen molar-refractivity contribution < 1.29 is 13.2 Å². The zero-order valence-corrected chi connectivity index (χ0v) is 9.83. The molecule has 2 aromatic rings. The van der Waals surface area contributed by atoms with Crippen LogP contribution in [0.1, 0.15) is 0 Å². The second kappa shape index (κ2) is 4.98. The van der Waals surface area contributed by atoms with Crippen LogP contribution in [0.25, 0.3) is 0 Å². The fourth-order valence-corrected chi connectivity index (χ4v) is 2.19. The predicted octanol–water partition coefficient (Wildman–Crippen LogP) is 4.30. The Labute approximate surface area is 105 Å². The summed E-state index contributed by atoms with van der Waals surface area (Å²) < 4.78 is 38.8. The maximum Gasteiger partial charge on any atom is 0.250 e. The molecule has 1 aromatic heterocycles. The molecule has 88 valence electrons. The molecular weight excluding hydrogens is 271 g/mol. The molecule has 0 atom stereocenters. The molecule has 1 nitrogen and oxygen atoms in total. The Morgan fingerprint density at radius 3 is 2.47 bits per heavy atom. The van der Waals surface area contributed by atoms with Crippen LogP contribution < -0.4 is 0 Å². The van der Waals surface area contributed by atoms with Gasteiger partial charge in [-0.2, -0.15) is 4.39 Å². The van der Waals surface area contributed by atoms with E-state index in [9.17, 15) is 13.2 Å².